The maximum Gasteiger partial charge on any atom is 0.156 e. The molecule has 0 aromatic heterocycles. The first kappa shape index (κ1) is 10.7. The van der Waals surface area contributed by atoms with Crippen molar-refractivity contribution in [3.05, 3.63) is 35.9 Å². The largest absolute Gasteiger partial charge is 0.350 e. The van der Waals surface area contributed by atoms with Crippen molar-refractivity contribution in [3.63, 3.8) is 0 Å². The molecule has 2 heteroatoms. The molecule has 82 valence electrons. The van der Waals surface area contributed by atoms with E-state index in [1.165, 1.54) is 5.56 Å². The highest BCUT2D eigenvalue weighted by Crippen LogP contribution is 2.36. The molecule has 1 saturated heterocycles. The van der Waals surface area contributed by atoms with Crippen LogP contribution in [-0.2, 0) is 15.1 Å². The van der Waals surface area contributed by atoms with Crippen LogP contribution in [0.25, 0.3) is 0 Å². The van der Waals surface area contributed by atoms with Crippen LogP contribution >= 0.6 is 0 Å². The lowest BCUT2D eigenvalue weighted by molar-refractivity contribution is -0.270. The standard InChI is InChI=1S/C13H18O2/c1-10-9-13(3,15-11(2)14-10)12-7-5-4-6-8-12/h4-8,10-11H,9H2,1-3H3/t10?,11-,13?/m1/s1. The molecule has 1 aromatic rings. The summed E-state index contributed by atoms with van der Waals surface area (Å²) in [4.78, 5) is 0. The predicted octanol–water partition coefficient (Wildman–Crippen LogP) is 3.07. The third kappa shape index (κ3) is 2.21. The number of rotatable bonds is 1. The minimum atomic E-state index is -0.210. The van der Waals surface area contributed by atoms with E-state index >= 15 is 0 Å². The number of benzene rings is 1. The quantitative estimate of drug-likeness (QED) is 0.703. The van der Waals surface area contributed by atoms with Crippen LogP contribution in [0.15, 0.2) is 30.3 Å². The molecule has 0 N–H and O–H groups in total. The van der Waals surface area contributed by atoms with Gasteiger partial charge in [-0.2, -0.15) is 0 Å². The van der Waals surface area contributed by atoms with Crippen molar-refractivity contribution >= 4 is 0 Å². The van der Waals surface area contributed by atoms with Crippen molar-refractivity contribution in [2.45, 2.75) is 45.2 Å². The van der Waals surface area contributed by atoms with E-state index in [1.54, 1.807) is 0 Å². The maximum atomic E-state index is 5.91. The Morgan fingerprint density at radius 1 is 1.20 bits per heavy atom. The van der Waals surface area contributed by atoms with Gasteiger partial charge < -0.3 is 9.47 Å². The first-order valence-corrected chi connectivity index (χ1v) is 5.49. The van der Waals surface area contributed by atoms with Crippen LogP contribution in [0.1, 0.15) is 32.8 Å². The Labute approximate surface area is 91.2 Å². The van der Waals surface area contributed by atoms with Crippen molar-refractivity contribution in [2.24, 2.45) is 0 Å². The normalized spacial score (nSPS) is 36.5. The minimum Gasteiger partial charge on any atom is -0.350 e. The van der Waals surface area contributed by atoms with Crippen LogP contribution in [0.5, 0.6) is 0 Å². The van der Waals surface area contributed by atoms with Gasteiger partial charge in [0, 0.05) is 6.42 Å². The summed E-state index contributed by atoms with van der Waals surface area (Å²) in [5.41, 5.74) is 1.02. The zero-order valence-corrected chi connectivity index (χ0v) is 9.57. The molecule has 0 radical (unpaired) electrons. The van der Waals surface area contributed by atoms with Gasteiger partial charge in [0.25, 0.3) is 0 Å². The summed E-state index contributed by atoms with van der Waals surface area (Å²) in [6, 6.07) is 10.4. The number of hydrogen-bond acceptors (Lipinski definition) is 2. The van der Waals surface area contributed by atoms with Gasteiger partial charge in [0.2, 0.25) is 0 Å². The lowest BCUT2D eigenvalue weighted by Gasteiger charge is -2.41. The Kier molecular flexibility index (Phi) is 2.81. The first-order chi connectivity index (χ1) is 7.10. The molecule has 1 fully saturated rings. The van der Waals surface area contributed by atoms with Crippen molar-refractivity contribution < 1.29 is 9.47 Å². The Morgan fingerprint density at radius 2 is 1.87 bits per heavy atom. The fraction of sp³-hybridized carbons (Fsp3) is 0.538. The van der Waals surface area contributed by atoms with Gasteiger partial charge in [-0.15, -0.1) is 0 Å². The van der Waals surface area contributed by atoms with E-state index in [9.17, 15) is 0 Å². The molecule has 2 nitrogen and oxygen atoms in total. The fourth-order valence-corrected chi connectivity index (χ4v) is 2.34. The lowest BCUT2D eigenvalue weighted by atomic mass is 9.89. The maximum absolute atomic E-state index is 5.91. The van der Waals surface area contributed by atoms with Crippen molar-refractivity contribution in [3.8, 4) is 0 Å². The molecule has 1 heterocycles. The molecule has 2 rings (SSSR count). The molecule has 0 saturated carbocycles. The monoisotopic (exact) mass is 206 g/mol. The highest BCUT2D eigenvalue weighted by Gasteiger charge is 2.36. The van der Waals surface area contributed by atoms with Crippen LogP contribution in [0, 0.1) is 0 Å². The summed E-state index contributed by atoms with van der Waals surface area (Å²) in [5, 5.41) is 0. The van der Waals surface area contributed by atoms with Crippen LogP contribution < -0.4 is 0 Å². The zero-order valence-electron chi connectivity index (χ0n) is 9.57. The van der Waals surface area contributed by atoms with E-state index in [4.69, 9.17) is 9.47 Å². The SMILES string of the molecule is CC1CC(C)(c2ccccc2)O[C@H](C)O1. The molecular weight excluding hydrogens is 188 g/mol. The van der Waals surface area contributed by atoms with E-state index in [0.29, 0.717) is 0 Å². The van der Waals surface area contributed by atoms with Gasteiger partial charge in [0.15, 0.2) is 6.29 Å². The van der Waals surface area contributed by atoms with Crippen LogP contribution in [0.3, 0.4) is 0 Å². The van der Waals surface area contributed by atoms with Gasteiger partial charge in [-0.3, -0.25) is 0 Å². The number of hydrogen-bond donors (Lipinski definition) is 0. The average molecular weight is 206 g/mol. The van der Waals surface area contributed by atoms with Crippen LogP contribution in [0.2, 0.25) is 0 Å². The minimum absolute atomic E-state index is 0.126. The fourth-order valence-electron chi connectivity index (χ4n) is 2.34. The second-order valence-corrected chi connectivity index (χ2v) is 4.43. The van der Waals surface area contributed by atoms with E-state index in [1.807, 2.05) is 13.0 Å². The molecule has 2 unspecified atom stereocenters. The molecule has 15 heavy (non-hydrogen) atoms. The van der Waals surface area contributed by atoms with Crippen molar-refractivity contribution in [1.82, 2.24) is 0 Å². The van der Waals surface area contributed by atoms with Crippen molar-refractivity contribution in [2.75, 3.05) is 0 Å². The highest BCUT2D eigenvalue weighted by atomic mass is 16.7. The van der Waals surface area contributed by atoms with Gasteiger partial charge >= 0.3 is 0 Å². The Morgan fingerprint density at radius 3 is 2.47 bits per heavy atom. The van der Waals surface area contributed by atoms with Gasteiger partial charge in [-0.25, -0.2) is 0 Å². The van der Waals surface area contributed by atoms with E-state index in [0.717, 1.165) is 6.42 Å². The molecule has 1 aliphatic heterocycles. The second kappa shape index (κ2) is 3.95. The third-order valence-corrected chi connectivity index (χ3v) is 2.91. The Bertz CT molecular complexity index is 311. The third-order valence-electron chi connectivity index (χ3n) is 2.91. The molecule has 0 bridgehead atoms. The van der Waals surface area contributed by atoms with Crippen LogP contribution in [0.4, 0.5) is 0 Å². The Hall–Kier alpha value is -0.860. The molecule has 0 spiro atoms. The summed E-state index contributed by atoms with van der Waals surface area (Å²) < 4.78 is 11.5. The summed E-state index contributed by atoms with van der Waals surface area (Å²) in [6.07, 6.45) is 1.03. The molecule has 1 aliphatic rings. The molecule has 0 aliphatic carbocycles. The van der Waals surface area contributed by atoms with E-state index < -0.39 is 0 Å². The summed E-state index contributed by atoms with van der Waals surface area (Å²) in [5.74, 6) is 0. The topological polar surface area (TPSA) is 18.5 Å². The lowest BCUT2D eigenvalue weighted by Crippen LogP contribution is -2.41. The predicted molar refractivity (Wildman–Crippen MR) is 59.5 cm³/mol. The van der Waals surface area contributed by atoms with Gasteiger partial charge in [0.05, 0.1) is 11.7 Å². The second-order valence-electron chi connectivity index (χ2n) is 4.43. The van der Waals surface area contributed by atoms with Gasteiger partial charge in [0.1, 0.15) is 0 Å². The number of ether oxygens (including phenoxy) is 2. The smallest absolute Gasteiger partial charge is 0.156 e. The summed E-state index contributed by atoms with van der Waals surface area (Å²) >= 11 is 0. The molecule has 0 amide bonds. The average Bonchev–Trinajstić information content (AvgIpc) is 2.17. The van der Waals surface area contributed by atoms with Crippen LogP contribution in [-0.4, -0.2) is 12.4 Å². The first-order valence-electron chi connectivity index (χ1n) is 5.49. The molecular formula is C13H18O2. The van der Waals surface area contributed by atoms with E-state index in [-0.39, 0.29) is 18.0 Å². The Balaban J connectivity index is 2.26. The summed E-state index contributed by atoms with van der Waals surface area (Å²) in [7, 11) is 0. The van der Waals surface area contributed by atoms with E-state index in [2.05, 4.69) is 38.1 Å². The van der Waals surface area contributed by atoms with Gasteiger partial charge in [-0.05, 0) is 26.3 Å². The van der Waals surface area contributed by atoms with Crippen molar-refractivity contribution in [1.29, 1.82) is 0 Å². The van der Waals surface area contributed by atoms with Gasteiger partial charge in [-0.1, -0.05) is 30.3 Å². The molecule has 3 atom stereocenters. The molecule has 1 aromatic carbocycles. The highest BCUT2D eigenvalue weighted by molar-refractivity contribution is 5.22. The zero-order chi connectivity index (χ0) is 10.9. The summed E-state index contributed by atoms with van der Waals surface area (Å²) in [6.45, 7) is 6.19.